The number of ether oxygens (including phenoxy) is 1. The van der Waals surface area contributed by atoms with Crippen LogP contribution in [0.1, 0.15) is 17.9 Å². The number of methoxy groups -OCH3 is 1. The molecule has 2 atom stereocenters. The summed E-state index contributed by atoms with van der Waals surface area (Å²) < 4.78 is 5.07. The van der Waals surface area contributed by atoms with Crippen LogP contribution in [0.3, 0.4) is 0 Å². The van der Waals surface area contributed by atoms with E-state index in [-0.39, 0.29) is 6.04 Å². The van der Waals surface area contributed by atoms with Crippen molar-refractivity contribution in [3.63, 3.8) is 0 Å². The van der Waals surface area contributed by atoms with Crippen LogP contribution < -0.4 is 10.5 Å². The van der Waals surface area contributed by atoms with E-state index < -0.39 is 0 Å². The van der Waals surface area contributed by atoms with Gasteiger partial charge in [0, 0.05) is 17.5 Å². The topological polar surface area (TPSA) is 55.5 Å². The first kappa shape index (κ1) is 8.38. The van der Waals surface area contributed by atoms with E-state index in [9.17, 15) is 5.11 Å². The molecule has 0 aliphatic heterocycles. The Hall–Kier alpha value is -1.22. The molecule has 3 N–H and O–H groups in total. The van der Waals surface area contributed by atoms with Gasteiger partial charge in [-0.3, -0.25) is 0 Å². The van der Waals surface area contributed by atoms with Gasteiger partial charge in [0.25, 0.3) is 0 Å². The molecule has 1 aliphatic rings. The van der Waals surface area contributed by atoms with Gasteiger partial charge < -0.3 is 15.6 Å². The normalized spacial score (nSPS) is 25.7. The molecular formula is C10H13NO2. The van der Waals surface area contributed by atoms with E-state index in [1.807, 2.05) is 6.07 Å². The molecule has 0 amide bonds. The van der Waals surface area contributed by atoms with E-state index in [1.165, 1.54) is 0 Å². The Morgan fingerprint density at radius 2 is 2.23 bits per heavy atom. The SMILES string of the molecule is COc1ccc(O)c(C2CC2N)c1. The summed E-state index contributed by atoms with van der Waals surface area (Å²) in [6, 6.07) is 5.46. The predicted octanol–water partition coefficient (Wildman–Crippen LogP) is 1.22. The minimum Gasteiger partial charge on any atom is -0.508 e. The Bertz CT molecular complexity index is 325. The molecule has 1 aromatic carbocycles. The number of phenols is 1. The molecule has 0 heterocycles. The second kappa shape index (κ2) is 2.92. The maximum Gasteiger partial charge on any atom is 0.119 e. The molecule has 0 saturated heterocycles. The average Bonchev–Trinajstić information content (AvgIpc) is 2.83. The van der Waals surface area contributed by atoms with Gasteiger partial charge in [-0.05, 0) is 24.6 Å². The lowest BCUT2D eigenvalue weighted by molar-refractivity contribution is 0.410. The van der Waals surface area contributed by atoms with Crippen LogP contribution in [0, 0.1) is 0 Å². The summed E-state index contributed by atoms with van der Waals surface area (Å²) in [7, 11) is 1.61. The maximum absolute atomic E-state index is 9.55. The predicted molar refractivity (Wildman–Crippen MR) is 50.0 cm³/mol. The third-order valence-electron chi connectivity index (χ3n) is 2.47. The van der Waals surface area contributed by atoms with Gasteiger partial charge in [0.05, 0.1) is 7.11 Å². The van der Waals surface area contributed by atoms with Gasteiger partial charge in [-0.1, -0.05) is 0 Å². The highest BCUT2D eigenvalue weighted by molar-refractivity contribution is 5.44. The van der Waals surface area contributed by atoms with Crippen LogP contribution in [0.5, 0.6) is 11.5 Å². The van der Waals surface area contributed by atoms with Crippen LogP contribution in [-0.4, -0.2) is 18.3 Å². The molecule has 13 heavy (non-hydrogen) atoms. The van der Waals surface area contributed by atoms with Crippen LogP contribution in [0.4, 0.5) is 0 Å². The van der Waals surface area contributed by atoms with Crippen molar-refractivity contribution in [3.05, 3.63) is 23.8 Å². The molecule has 0 radical (unpaired) electrons. The number of aromatic hydroxyl groups is 1. The summed E-state index contributed by atoms with van der Waals surface area (Å²) in [6.07, 6.45) is 0.959. The van der Waals surface area contributed by atoms with Gasteiger partial charge in [0.2, 0.25) is 0 Å². The van der Waals surface area contributed by atoms with Crippen molar-refractivity contribution in [2.45, 2.75) is 18.4 Å². The third kappa shape index (κ3) is 1.47. The molecule has 0 aromatic heterocycles. The molecule has 3 heteroatoms. The number of hydrogen-bond donors (Lipinski definition) is 2. The Labute approximate surface area is 77.1 Å². The summed E-state index contributed by atoms with van der Waals surface area (Å²) in [4.78, 5) is 0. The van der Waals surface area contributed by atoms with Crippen LogP contribution in [-0.2, 0) is 0 Å². The summed E-state index contributed by atoms with van der Waals surface area (Å²) in [6.45, 7) is 0. The van der Waals surface area contributed by atoms with Crippen LogP contribution in [0.25, 0.3) is 0 Å². The van der Waals surface area contributed by atoms with E-state index in [0.717, 1.165) is 17.7 Å². The Morgan fingerprint density at radius 3 is 2.77 bits per heavy atom. The third-order valence-corrected chi connectivity index (χ3v) is 2.47. The zero-order valence-electron chi connectivity index (χ0n) is 7.53. The highest BCUT2D eigenvalue weighted by atomic mass is 16.5. The lowest BCUT2D eigenvalue weighted by Crippen LogP contribution is -2.01. The Kier molecular flexibility index (Phi) is 1.88. The lowest BCUT2D eigenvalue weighted by Gasteiger charge is -2.05. The van der Waals surface area contributed by atoms with Crippen molar-refractivity contribution in [2.24, 2.45) is 5.73 Å². The fourth-order valence-electron chi connectivity index (χ4n) is 1.53. The monoisotopic (exact) mass is 179 g/mol. The fraction of sp³-hybridized carbons (Fsp3) is 0.400. The van der Waals surface area contributed by atoms with Gasteiger partial charge in [-0.15, -0.1) is 0 Å². The minimum atomic E-state index is 0.206. The zero-order valence-corrected chi connectivity index (χ0v) is 7.53. The van der Waals surface area contributed by atoms with Crippen LogP contribution >= 0.6 is 0 Å². The molecule has 70 valence electrons. The zero-order chi connectivity index (χ0) is 9.42. The Balaban J connectivity index is 2.32. The molecule has 1 aromatic rings. The number of benzene rings is 1. The van der Waals surface area contributed by atoms with E-state index >= 15 is 0 Å². The van der Waals surface area contributed by atoms with E-state index in [4.69, 9.17) is 10.5 Å². The smallest absolute Gasteiger partial charge is 0.119 e. The first-order valence-corrected chi connectivity index (χ1v) is 4.35. The minimum absolute atomic E-state index is 0.206. The van der Waals surface area contributed by atoms with Crippen molar-refractivity contribution in [1.82, 2.24) is 0 Å². The van der Waals surface area contributed by atoms with Gasteiger partial charge >= 0.3 is 0 Å². The molecule has 1 fully saturated rings. The van der Waals surface area contributed by atoms with Crippen molar-refractivity contribution in [2.75, 3.05) is 7.11 Å². The molecule has 1 aliphatic carbocycles. The summed E-state index contributed by atoms with van der Waals surface area (Å²) in [5, 5.41) is 9.55. The van der Waals surface area contributed by atoms with E-state index in [2.05, 4.69) is 0 Å². The highest BCUT2D eigenvalue weighted by Crippen LogP contribution is 2.44. The van der Waals surface area contributed by atoms with Gasteiger partial charge in [0.15, 0.2) is 0 Å². The number of rotatable bonds is 2. The summed E-state index contributed by atoms with van der Waals surface area (Å²) in [5.74, 6) is 1.40. The molecule has 2 rings (SSSR count). The molecular weight excluding hydrogens is 166 g/mol. The molecule has 1 saturated carbocycles. The summed E-state index contributed by atoms with van der Waals surface area (Å²) in [5.41, 5.74) is 6.62. The molecule has 0 spiro atoms. The van der Waals surface area contributed by atoms with Gasteiger partial charge in [0.1, 0.15) is 11.5 Å². The van der Waals surface area contributed by atoms with Crippen molar-refractivity contribution >= 4 is 0 Å². The molecule has 2 unspecified atom stereocenters. The second-order valence-electron chi connectivity index (χ2n) is 3.43. The quantitative estimate of drug-likeness (QED) is 0.717. The van der Waals surface area contributed by atoms with Crippen molar-refractivity contribution in [1.29, 1.82) is 0 Å². The van der Waals surface area contributed by atoms with Crippen molar-refractivity contribution in [3.8, 4) is 11.5 Å². The highest BCUT2D eigenvalue weighted by Gasteiger charge is 2.36. The van der Waals surface area contributed by atoms with E-state index in [0.29, 0.717) is 11.7 Å². The second-order valence-corrected chi connectivity index (χ2v) is 3.43. The van der Waals surface area contributed by atoms with Crippen LogP contribution in [0.15, 0.2) is 18.2 Å². The lowest BCUT2D eigenvalue weighted by atomic mass is 10.1. The largest absolute Gasteiger partial charge is 0.508 e. The van der Waals surface area contributed by atoms with E-state index in [1.54, 1.807) is 19.2 Å². The number of phenolic OH excluding ortho intramolecular Hbond substituents is 1. The summed E-state index contributed by atoms with van der Waals surface area (Å²) >= 11 is 0. The Morgan fingerprint density at radius 1 is 1.54 bits per heavy atom. The van der Waals surface area contributed by atoms with Gasteiger partial charge in [-0.25, -0.2) is 0 Å². The number of hydrogen-bond acceptors (Lipinski definition) is 3. The standard InChI is InChI=1S/C10H13NO2/c1-13-6-2-3-10(12)8(4-6)7-5-9(7)11/h2-4,7,9,12H,5,11H2,1H3. The first-order valence-electron chi connectivity index (χ1n) is 4.35. The molecule has 0 bridgehead atoms. The van der Waals surface area contributed by atoms with Crippen LogP contribution in [0.2, 0.25) is 0 Å². The number of nitrogens with two attached hydrogens (primary N) is 1. The maximum atomic E-state index is 9.55. The molecule has 3 nitrogen and oxygen atoms in total. The van der Waals surface area contributed by atoms with Gasteiger partial charge in [-0.2, -0.15) is 0 Å². The first-order chi connectivity index (χ1) is 6.22. The average molecular weight is 179 g/mol. The fourth-order valence-corrected chi connectivity index (χ4v) is 1.53. The van der Waals surface area contributed by atoms with Crippen molar-refractivity contribution < 1.29 is 9.84 Å².